The van der Waals surface area contributed by atoms with Gasteiger partial charge in [0.25, 0.3) is 0 Å². The Kier molecular flexibility index (Phi) is 4.83. The average Bonchev–Trinajstić information content (AvgIpc) is 2.88. The largest absolute Gasteiger partial charge is 0.460 e. The fourth-order valence-corrected chi connectivity index (χ4v) is 2.09. The minimum absolute atomic E-state index is 0.517. The molecule has 0 saturated heterocycles. The molecule has 0 aliphatic rings. The zero-order chi connectivity index (χ0) is 13.8. The van der Waals surface area contributed by atoms with Crippen molar-refractivity contribution in [1.82, 2.24) is 5.32 Å². The van der Waals surface area contributed by atoms with Crippen molar-refractivity contribution in [2.45, 2.75) is 39.8 Å². The molecule has 2 nitrogen and oxygen atoms in total. The van der Waals surface area contributed by atoms with E-state index in [2.05, 4.69) is 60.2 Å². The van der Waals surface area contributed by atoms with Crippen molar-refractivity contribution in [2.75, 3.05) is 0 Å². The van der Waals surface area contributed by atoms with Crippen molar-refractivity contribution in [1.29, 1.82) is 0 Å². The van der Waals surface area contributed by atoms with Gasteiger partial charge >= 0.3 is 0 Å². The highest BCUT2D eigenvalue weighted by molar-refractivity contribution is 9.10. The van der Waals surface area contributed by atoms with Gasteiger partial charge in [0.1, 0.15) is 11.5 Å². The third kappa shape index (κ3) is 3.71. The fraction of sp³-hybridized carbons (Fsp3) is 0.375. The molecule has 0 fully saturated rings. The van der Waals surface area contributed by atoms with Crippen LogP contribution >= 0.6 is 15.9 Å². The Morgan fingerprint density at radius 1 is 1.26 bits per heavy atom. The van der Waals surface area contributed by atoms with E-state index in [4.69, 9.17) is 4.42 Å². The number of hydrogen-bond acceptors (Lipinski definition) is 2. The zero-order valence-electron chi connectivity index (χ0n) is 11.7. The van der Waals surface area contributed by atoms with E-state index in [1.807, 2.05) is 12.1 Å². The van der Waals surface area contributed by atoms with Gasteiger partial charge in [-0.25, -0.2) is 0 Å². The predicted octanol–water partition coefficient (Wildman–Crippen LogP) is 4.91. The molecule has 0 radical (unpaired) electrons. The van der Waals surface area contributed by atoms with Gasteiger partial charge in [-0.15, -0.1) is 0 Å². The van der Waals surface area contributed by atoms with E-state index in [1.54, 1.807) is 0 Å². The highest BCUT2D eigenvalue weighted by atomic mass is 79.9. The van der Waals surface area contributed by atoms with Gasteiger partial charge < -0.3 is 9.73 Å². The van der Waals surface area contributed by atoms with Crippen LogP contribution in [0.2, 0.25) is 0 Å². The summed E-state index contributed by atoms with van der Waals surface area (Å²) in [6.07, 6.45) is 1.12. The minimum Gasteiger partial charge on any atom is -0.460 e. The lowest BCUT2D eigenvalue weighted by Gasteiger charge is -2.09. The molecule has 19 heavy (non-hydrogen) atoms. The van der Waals surface area contributed by atoms with Gasteiger partial charge in [-0.05, 0) is 50.1 Å². The number of hydrogen-bond donors (Lipinski definition) is 1. The molecule has 3 heteroatoms. The van der Waals surface area contributed by atoms with Gasteiger partial charge in [0.05, 0.1) is 6.54 Å². The molecule has 1 N–H and O–H groups in total. The van der Waals surface area contributed by atoms with Crippen LogP contribution in [0.25, 0.3) is 11.3 Å². The lowest BCUT2D eigenvalue weighted by atomic mass is 10.1. The van der Waals surface area contributed by atoms with Gasteiger partial charge in [-0.2, -0.15) is 0 Å². The second-order valence-corrected chi connectivity index (χ2v) is 5.77. The summed E-state index contributed by atoms with van der Waals surface area (Å²) < 4.78 is 7.01. The van der Waals surface area contributed by atoms with E-state index in [1.165, 1.54) is 5.56 Å². The van der Waals surface area contributed by atoms with Gasteiger partial charge in [0.15, 0.2) is 0 Å². The highest BCUT2D eigenvalue weighted by Crippen LogP contribution is 2.26. The topological polar surface area (TPSA) is 25.2 Å². The van der Waals surface area contributed by atoms with Gasteiger partial charge in [0, 0.05) is 16.1 Å². The molecule has 0 saturated carbocycles. The summed E-state index contributed by atoms with van der Waals surface area (Å²) >= 11 is 3.52. The molecule has 2 aromatic rings. The number of halogens is 1. The number of nitrogens with one attached hydrogen (secondary N) is 1. The van der Waals surface area contributed by atoms with Gasteiger partial charge in [-0.3, -0.25) is 0 Å². The quantitative estimate of drug-likeness (QED) is 0.846. The summed E-state index contributed by atoms with van der Waals surface area (Å²) in [5.74, 6) is 1.91. The summed E-state index contributed by atoms with van der Waals surface area (Å²) in [7, 11) is 0. The van der Waals surface area contributed by atoms with Crippen molar-refractivity contribution in [3.05, 3.63) is 46.1 Å². The highest BCUT2D eigenvalue weighted by Gasteiger charge is 2.07. The van der Waals surface area contributed by atoms with Crippen molar-refractivity contribution in [3.8, 4) is 11.3 Å². The number of rotatable bonds is 5. The molecule has 2 rings (SSSR count). The first-order valence-corrected chi connectivity index (χ1v) is 7.48. The van der Waals surface area contributed by atoms with E-state index in [0.29, 0.717) is 6.04 Å². The van der Waals surface area contributed by atoms with E-state index in [-0.39, 0.29) is 0 Å². The second-order valence-electron chi connectivity index (χ2n) is 4.92. The molecule has 0 spiro atoms. The van der Waals surface area contributed by atoms with E-state index in [9.17, 15) is 0 Å². The minimum atomic E-state index is 0.517. The van der Waals surface area contributed by atoms with Crippen LogP contribution in [0.5, 0.6) is 0 Å². The molecule has 0 amide bonds. The normalized spacial score (nSPS) is 12.6. The lowest BCUT2D eigenvalue weighted by molar-refractivity contribution is 0.457. The van der Waals surface area contributed by atoms with Crippen LogP contribution in [0.4, 0.5) is 0 Å². The summed E-state index contributed by atoms with van der Waals surface area (Å²) in [5.41, 5.74) is 2.34. The molecule has 1 unspecified atom stereocenters. The van der Waals surface area contributed by atoms with E-state index < -0.39 is 0 Å². The maximum absolute atomic E-state index is 5.88. The Morgan fingerprint density at radius 3 is 2.74 bits per heavy atom. The molecule has 1 heterocycles. The van der Waals surface area contributed by atoms with Crippen molar-refractivity contribution < 1.29 is 4.42 Å². The second kappa shape index (κ2) is 6.40. The predicted molar refractivity (Wildman–Crippen MR) is 83.2 cm³/mol. The van der Waals surface area contributed by atoms with Crippen LogP contribution in [-0.4, -0.2) is 6.04 Å². The van der Waals surface area contributed by atoms with Crippen LogP contribution in [0.15, 0.2) is 39.2 Å². The summed E-state index contributed by atoms with van der Waals surface area (Å²) in [4.78, 5) is 0. The van der Waals surface area contributed by atoms with Gasteiger partial charge in [-0.1, -0.05) is 28.9 Å². The monoisotopic (exact) mass is 321 g/mol. The van der Waals surface area contributed by atoms with Crippen LogP contribution in [0.1, 0.15) is 31.6 Å². The molecule has 102 valence electrons. The first-order valence-electron chi connectivity index (χ1n) is 6.68. The first-order chi connectivity index (χ1) is 9.10. The van der Waals surface area contributed by atoms with Crippen molar-refractivity contribution in [3.63, 3.8) is 0 Å². The van der Waals surface area contributed by atoms with Crippen LogP contribution in [-0.2, 0) is 6.54 Å². The number of furan rings is 1. The smallest absolute Gasteiger partial charge is 0.134 e. The van der Waals surface area contributed by atoms with Crippen LogP contribution in [0, 0.1) is 6.92 Å². The molecule has 1 aromatic heterocycles. The third-order valence-corrected chi connectivity index (χ3v) is 4.23. The lowest BCUT2D eigenvalue weighted by Crippen LogP contribution is -2.24. The molecule has 0 bridgehead atoms. The van der Waals surface area contributed by atoms with E-state index >= 15 is 0 Å². The zero-order valence-corrected chi connectivity index (χ0v) is 13.3. The standard InChI is InChI=1S/C16H20BrNO/c1-4-12(3)18-10-14-6-8-16(19-14)13-5-7-15(17)11(2)9-13/h5-9,12,18H,4,10H2,1-3H3. The molecule has 1 aromatic carbocycles. The molecule has 0 aliphatic heterocycles. The van der Waals surface area contributed by atoms with Crippen molar-refractivity contribution >= 4 is 15.9 Å². The summed E-state index contributed by atoms with van der Waals surface area (Å²) in [5, 5.41) is 3.43. The summed E-state index contributed by atoms with van der Waals surface area (Å²) in [6, 6.07) is 10.9. The first kappa shape index (κ1) is 14.4. The maximum atomic E-state index is 5.88. The van der Waals surface area contributed by atoms with Crippen LogP contribution < -0.4 is 5.32 Å². The average molecular weight is 322 g/mol. The Bertz CT molecular complexity index is 547. The molecular weight excluding hydrogens is 302 g/mol. The molecular formula is C16H20BrNO. The number of aryl methyl sites for hydroxylation is 1. The van der Waals surface area contributed by atoms with E-state index in [0.717, 1.165) is 34.5 Å². The molecule has 1 atom stereocenters. The third-order valence-electron chi connectivity index (χ3n) is 3.34. The molecule has 0 aliphatic carbocycles. The maximum Gasteiger partial charge on any atom is 0.134 e. The Morgan fingerprint density at radius 2 is 2.05 bits per heavy atom. The SMILES string of the molecule is CCC(C)NCc1ccc(-c2ccc(Br)c(C)c2)o1. The fourth-order valence-electron chi connectivity index (χ4n) is 1.85. The Balaban J connectivity index is 2.09. The Labute approximate surface area is 123 Å². The van der Waals surface area contributed by atoms with Gasteiger partial charge in [0.2, 0.25) is 0 Å². The summed E-state index contributed by atoms with van der Waals surface area (Å²) in [6.45, 7) is 7.23. The van der Waals surface area contributed by atoms with Crippen molar-refractivity contribution in [2.24, 2.45) is 0 Å². The number of benzene rings is 1. The van der Waals surface area contributed by atoms with Crippen LogP contribution in [0.3, 0.4) is 0 Å². The Hall–Kier alpha value is -1.06.